The lowest BCUT2D eigenvalue weighted by molar-refractivity contribution is -0.145. The second kappa shape index (κ2) is 8.05. The molecule has 9 nitrogen and oxygen atoms in total. The van der Waals surface area contributed by atoms with Crippen LogP contribution < -0.4 is 14.8 Å². The van der Waals surface area contributed by atoms with Crippen LogP contribution in [0.25, 0.3) is 0 Å². The monoisotopic (exact) mass is 389 g/mol. The molecule has 3 amide bonds. The first-order valence-corrected chi connectivity index (χ1v) is 9.48. The summed E-state index contributed by atoms with van der Waals surface area (Å²) in [7, 11) is 0. The second-order valence-corrected chi connectivity index (χ2v) is 6.96. The maximum absolute atomic E-state index is 12.4. The van der Waals surface area contributed by atoms with E-state index in [4.69, 9.17) is 14.2 Å². The normalized spacial score (nSPS) is 20.9. The highest BCUT2D eigenvalue weighted by molar-refractivity contribution is 5.97. The standard InChI is InChI=1S/C19H23N3O6/c23-17(11-20-18(24)13-3-4-14-16(10-13)28-12-27-14)21-5-7-22(8-6-21)19(25)15-2-1-9-26-15/h3-4,10,15H,1-2,5-9,11-12H2,(H,20,24). The first-order valence-electron chi connectivity index (χ1n) is 9.48. The van der Waals surface area contributed by atoms with Crippen LogP contribution in [0.4, 0.5) is 0 Å². The van der Waals surface area contributed by atoms with Crippen molar-refractivity contribution < 1.29 is 28.6 Å². The van der Waals surface area contributed by atoms with Crippen LogP contribution in [0.2, 0.25) is 0 Å². The highest BCUT2D eigenvalue weighted by atomic mass is 16.7. The third-order valence-corrected chi connectivity index (χ3v) is 5.18. The maximum Gasteiger partial charge on any atom is 0.251 e. The van der Waals surface area contributed by atoms with E-state index in [1.807, 2.05) is 0 Å². The Labute approximate surface area is 162 Å². The van der Waals surface area contributed by atoms with Gasteiger partial charge >= 0.3 is 0 Å². The summed E-state index contributed by atoms with van der Waals surface area (Å²) in [6, 6.07) is 4.89. The molecular formula is C19H23N3O6. The number of rotatable bonds is 4. The molecule has 3 aliphatic heterocycles. The highest BCUT2D eigenvalue weighted by Gasteiger charge is 2.31. The van der Waals surface area contributed by atoms with Crippen LogP contribution in [-0.4, -0.2) is 79.7 Å². The van der Waals surface area contributed by atoms with Gasteiger partial charge in [-0.25, -0.2) is 0 Å². The maximum atomic E-state index is 12.4. The molecule has 28 heavy (non-hydrogen) atoms. The fraction of sp³-hybridized carbons (Fsp3) is 0.526. The van der Waals surface area contributed by atoms with E-state index in [9.17, 15) is 14.4 Å². The van der Waals surface area contributed by atoms with Gasteiger partial charge in [-0.05, 0) is 31.0 Å². The van der Waals surface area contributed by atoms with E-state index in [0.717, 1.165) is 12.8 Å². The van der Waals surface area contributed by atoms with Gasteiger partial charge in [-0.2, -0.15) is 0 Å². The quantitative estimate of drug-likeness (QED) is 0.778. The Morgan fingerprint density at radius 1 is 1.04 bits per heavy atom. The van der Waals surface area contributed by atoms with Crippen molar-refractivity contribution in [2.45, 2.75) is 18.9 Å². The molecule has 2 saturated heterocycles. The van der Waals surface area contributed by atoms with Crippen molar-refractivity contribution >= 4 is 17.7 Å². The van der Waals surface area contributed by atoms with Crippen LogP contribution in [0, 0.1) is 0 Å². The van der Waals surface area contributed by atoms with Crippen molar-refractivity contribution in [1.29, 1.82) is 0 Å². The number of carbonyl (C=O) groups excluding carboxylic acids is 3. The second-order valence-electron chi connectivity index (χ2n) is 6.96. The molecule has 4 rings (SSSR count). The Morgan fingerprint density at radius 2 is 1.79 bits per heavy atom. The Balaban J connectivity index is 1.23. The van der Waals surface area contributed by atoms with Gasteiger partial charge in [0.05, 0.1) is 6.54 Å². The molecule has 0 aliphatic carbocycles. The van der Waals surface area contributed by atoms with Crippen LogP contribution in [0.5, 0.6) is 11.5 Å². The Hall–Kier alpha value is -2.81. The number of carbonyl (C=O) groups is 3. The molecule has 0 saturated carbocycles. The molecule has 0 bridgehead atoms. The number of piperazine rings is 1. The van der Waals surface area contributed by atoms with Crippen molar-refractivity contribution in [1.82, 2.24) is 15.1 Å². The number of nitrogens with zero attached hydrogens (tertiary/aromatic N) is 2. The van der Waals surface area contributed by atoms with Crippen molar-refractivity contribution in [3.8, 4) is 11.5 Å². The van der Waals surface area contributed by atoms with E-state index in [2.05, 4.69) is 5.32 Å². The first-order chi connectivity index (χ1) is 13.6. The van der Waals surface area contributed by atoms with Crippen LogP contribution in [0.3, 0.4) is 0 Å². The summed E-state index contributed by atoms with van der Waals surface area (Å²) in [4.78, 5) is 40.4. The number of benzene rings is 1. The SMILES string of the molecule is O=C(NCC(=O)N1CCN(C(=O)C2CCCO2)CC1)c1ccc2c(c1)OCO2. The number of hydrogen-bond donors (Lipinski definition) is 1. The topological polar surface area (TPSA) is 97.4 Å². The van der Waals surface area contributed by atoms with Gasteiger partial charge in [-0.3, -0.25) is 14.4 Å². The molecule has 1 aromatic carbocycles. The molecule has 1 atom stereocenters. The fourth-order valence-corrected chi connectivity index (χ4v) is 3.56. The molecule has 1 N–H and O–H groups in total. The molecule has 150 valence electrons. The summed E-state index contributed by atoms with van der Waals surface area (Å²) in [5, 5.41) is 2.64. The van der Waals surface area contributed by atoms with Gasteiger partial charge in [0.2, 0.25) is 12.7 Å². The number of amides is 3. The summed E-state index contributed by atoms with van der Waals surface area (Å²) >= 11 is 0. The zero-order valence-corrected chi connectivity index (χ0v) is 15.5. The van der Waals surface area contributed by atoms with Gasteiger partial charge in [0.25, 0.3) is 11.8 Å². The minimum absolute atomic E-state index is 0.0145. The lowest BCUT2D eigenvalue weighted by Crippen LogP contribution is -2.54. The molecule has 0 aromatic heterocycles. The molecule has 3 heterocycles. The largest absolute Gasteiger partial charge is 0.454 e. The molecule has 0 radical (unpaired) electrons. The fourth-order valence-electron chi connectivity index (χ4n) is 3.56. The van der Waals surface area contributed by atoms with E-state index in [1.165, 1.54) is 0 Å². The van der Waals surface area contributed by atoms with E-state index >= 15 is 0 Å². The predicted molar refractivity (Wildman–Crippen MR) is 97.0 cm³/mol. The molecule has 0 spiro atoms. The van der Waals surface area contributed by atoms with E-state index < -0.39 is 0 Å². The van der Waals surface area contributed by atoms with Gasteiger partial charge in [0, 0.05) is 38.3 Å². The van der Waals surface area contributed by atoms with Crippen molar-refractivity contribution in [2.75, 3.05) is 46.1 Å². The van der Waals surface area contributed by atoms with Crippen molar-refractivity contribution in [2.24, 2.45) is 0 Å². The smallest absolute Gasteiger partial charge is 0.251 e. The third-order valence-electron chi connectivity index (χ3n) is 5.18. The van der Waals surface area contributed by atoms with Gasteiger partial charge in [0.15, 0.2) is 11.5 Å². The Morgan fingerprint density at radius 3 is 2.54 bits per heavy atom. The Kier molecular flexibility index (Phi) is 5.34. The van der Waals surface area contributed by atoms with Crippen molar-refractivity contribution in [3.05, 3.63) is 23.8 Å². The molecule has 1 aromatic rings. The average Bonchev–Trinajstić information content (AvgIpc) is 3.42. The zero-order chi connectivity index (χ0) is 19.5. The third kappa shape index (κ3) is 3.89. The number of fused-ring (bicyclic) bond motifs is 1. The lowest BCUT2D eigenvalue weighted by Gasteiger charge is -2.35. The van der Waals surface area contributed by atoms with Crippen LogP contribution in [0.15, 0.2) is 18.2 Å². The summed E-state index contributed by atoms with van der Waals surface area (Å²) in [5.41, 5.74) is 0.407. The van der Waals surface area contributed by atoms with Gasteiger partial charge in [-0.15, -0.1) is 0 Å². The molecular weight excluding hydrogens is 366 g/mol. The van der Waals surface area contributed by atoms with E-state index in [-0.39, 0.29) is 37.2 Å². The average molecular weight is 389 g/mol. The summed E-state index contributed by atoms with van der Waals surface area (Å²) in [6.45, 7) is 2.57. The molecule has 3 aliphatic rings. The van der Waals surface area contributed by atoms with Gasteiger partial charge < -0.3 is 29.3 Å². The summed E-state index contributed by atoms with van der Waals surface area (Å²) in [6.07, 6.45) is 1.35. The zero-order valence-electron chi connectivity index (χ0n) is 15.5. The summed E-state index contributed by atoms with van der Waals surface area (Å²) < 4.78 is 15.9. The predicted octanol–water partition coefficient (Wildman–Crippen LogP) is -0.00510. The number of ether oxygens (including phenoxy) is 3. The van der Waals surface area contributed by atoms with E-state index in [1.54, 1.807) is 28.0 Å². The van der Waals surface area contributed by atoms with Gasteiger partial charge in [0.1, 0.15) is 6.10 Å². The highest BCUT2D eigenvalue weighted by Crippen LogP contribution is 2.32. The molecule has 1 unspecified atom stereocenters. The van der Waals surface area contributed by atoms with E-state index in [0.29, 0.717) is 49.8 Å². The number of hydrogen-bond acceptors (Lipinski definition) is 6. The summed E-state index contributed by atoms with van der Waals surface area (Å²) in [5.74, 6) is 0.618. The van der Waals surface area contributed by atoms with Crippen LogP contribution >= 0.6 is 0 Å². The minimum atomic E-state index is -0.348. The van der Waals surface area contributed by atoms with Crippen molar-refractivity contribution in [3.63, 3.8) is 0 Å². The molecule has 2 fully saturated rings. The van der Waals surface area contributed by atoms with Crippen LogP contribution in [-0.2, 0) is 14.3 Å². The number of nitrogens with one attached hydrogen (secondary N) is 1. The first kappa shape index (κ1) is 18.5. The van der Waals surface area contributed by atoms with Crippen LogP contribution in [0.1, 0.15) is 23.2 Å². The minimum Gasteiger partial charge on any atom is -0.454 e. The van der Waals surface area contributed by atoms with Gasteiger partial charge in [-0.1, -0.05) is 0 Å². The molecule has 9 heteroatoms. The Bertz CT molecular complexity index is 769. The lowest BCUT2D eigenvalue weighted by atomic mass is 10.2.